The van der Waals surface area contributed by atoms with Crippen molar-refractivity contribution in [3.63, 3.8) is 0 Å². The van der Waals surface area contributed by atoms with Crippen molar-refractivity contribution in [2.45, 2.75) is 4.90 Å². The quantitative estimate of drug-likeness (QED) is 0.586. The molecule has 0 fully saturated rings. The van der Waals surface area contributed by atoms with Crippen LogP contribution in [0.3, 0.4) is 0 Å². The van der Waals surface area contributed by atoms with Crippen molar-refractivity contribution in [1.29, 1.82) is 0 Å². The van der Waals surface area contributed by atoms with Gasteiger partial charge in [0.1, 0.15) is 10.6 Å². The van der Waals surface area contributed by atoms with E-state index in [1.165, 1.54) is 12.0 Å². The molecule has 3 aromatic carbocycles. The van der Waals surface area contributed by atoms with E-state index in [9.17, 15) is 13.2 Å². The van der Waals surface area contributed by atoms with E-state index in [-0.39, 0.29) is 16.6 Å². The van der Waals surface area contributed by atoms with Gasteiger partial charge in [-0.05, 0) is 53.6 Å². The van der Waals surface area contributed by atoms with Gasteiger partial charge in [-0.15, -0.1) is 0 Å². The Kier molecular flexibility index (Phi) is 6.74. The molecule has 8 heteroatoms. The van der Waals surface area contributed by atoms with E-state index in [0.29, 0.717) is 16.8 Å². The maximum absolute atomic E-state index is 13.2. The number of hydrogen-bond acceptors (Lipinski definition) is 5. The Labute approximate surface area is 189 Å². The molecule has 0 bridgehead atoms. The first-order valence-corrected chi connectivity index (χ1v) is 11.4. The molecule has 168 valence electrons. The van der Waals surface area contributed by atoms with E-state index in [1.54, 1.807) is 68.7 Å². The number of nitrogens with zero attached hydrogens (tertiary/aromatic N) is 2. The summed E-state index contributed by atoms with van der Waals surface area (Å²) in [6.45, 7) is 0. The minimum absolute atomic E-state index is 0.0112. The van der Waals surface area contributed by atoms with E-state index in [4.69, 9.17) is 4.74 Å². The zero-order valence-corrected chi connectivity index (χ0v) is 19.6. The highest BCUT2D eigenvalue weighted by atomic mass is 32.2. The van der Waals surface area contributed by atoms with Gasteiger partial charge in [0.15, 0.2) is 0 Å². The fraction of sp³-hybridized carbons (Fsp3) is 0.208. The number of sulfonamides is 1. The van der Waals surface area contributed by atoms with Crippen LogP contribution < -0.4 is 14.4 Å². The second-order valence-electron chi connectivity index (χ2n) is 7.70. The molecule has 0 saturated carbocycles. The van der Waals surface area contributed by atoms with E-state index in [2.05, 4.69) is 4.72 Å². The first kappa shape index (κ1) is 23.1. The Hall–Kier alpha value is -3.52. The number of rotatable bonds is 7. The number of benzene rings is 3. The van der Waals surface area contributed by atoms with Gasteiger partial charge >= 0.3 is 0 Å². The molecule has 1 amide bonds. The number of nitrogens with one attached hydrogen (secondary N) is 1. The first-order valence-electron chi connectivity index (χ1n) is 9.92. The third kappa shape index (κ3) is 5.03. The number of methoxy groups -OCH3 is 1. The van der Waals surface area contributed by atoms with E-state index in [0.717, 1.165) is 11.3 Å². The Morgan fingerprint density at radius 2 is 1.56 bits per heavy atom. The molecule has 0 atom stereocenters. The molecule has 0 aliphatic rings. The van der Waals surface area contributed by atoms with Gasteiger partial charge < -0.3 is 14.5 Å². The summed E-state index contributed by atoms with van der Waals surface area (Å²) in [4.78, 5) is 15.7. The normalized spacial score (nSPS) is 11.0. The highest BCUT2D eigenvalue weighted by Crippen LogP contribution is 2.32. The molecule has 0 aromatic heterocycles. The summed E-state index contributed by atoms with van der Waals surface area (Å²) >= 11 is 0. The predicted molar refractivity (Wildman–Crippen MR) is 128 cm³/mol. The summed E-state index contributed by atoms with van der Waals surface area (Å²) in [5.41, 5.74) is 3.22. The van der Waals surface area contributed by atoms with Crippen molar-refractivity contribution in [1.82, 2.24) is 4.90 Å². The van der Waals surface area contributed by atoms with Crippen molar-refractivity contribution in [3.8, 4) is 16.9 Å². The van der Waals surface area contributed by atoms with Gasteiger partial charge in [0, 0.05) is 39.4 Å². The smallest absolute Gasteiger partial charge is 0.265 e. The highest BCUT2D eigenvalue weighted by molar-refractivity contribution is 7.92. The zero-order chi connectivity index (χ0) is 23.5. The SMILES string of the molecule is COc1ccc(-c2cccc(C(=O)N(C)C)c2)cc1S(=O)(=O)Nc1cccc(N(C)C)c1. The van der Waals surface area contributed by atoms with Gasteiger partial charge in [-0.2, -0.15) is 0 Å². The monoisotopic (exact) mass is 453 g/mol. The molecule has 3 aromatic rings. The number of anilines is 2. The van der Waals surface area contributed by atoms with E-state index in [1.807, 2.05) is 31.1 Å². The average Bonchev–Trinajstić information content (AvgIpc) is 2.78. The molecule has 3 rings (SSSR count). The van der Waals surface area contributed by atoms with Crippen LogP contribution in [-0.2, 0) is 10.0 Å². The van der Waals surface area contributed by atoms with Crippen LogP contribution in [-0.4, -0.2) is 54.5 Å². The summed E-state index contributed by atoms with van der Waals surface area (Å²) < 4.78 is 34.4. The van der Waals surface area contributed by atoms with Gasteiger partial charge in [-0.3, -0.25) is 9.52 Å². The minimum Gasteiger partial charge on any atom is -0.495 e. The van der Waals surface area contributed by atoms with Gasteiger partial charge in [0.05, 0.1) is 12.8 Å². The molecular weight excluding hydrogens is 426 g/mol. The molecule has 32 heavy (non-hydrogen) atoms. The third-order valence-corrected chi connectivity index (χ3v) is 6.32. The summed E-state index contributed by atoms with van der Waals surface area (Å²) in [6.07, 6.45) is 0. The Morgan fingerprint density at radius 3 is 2.22 bits per heavy atom. The van der Waals surface area contributed by atoms with Crippen LogP contribution in [0.2, 0.25) is 0 Å². The van der Waals surface area contributed by atoms with Gasteiger partial charge in [0.2, 0.25) is 0 Å². The molecule has 0 aliphatic carbocycles. The standard InChI is InChI=1S/C24H27N3O4S/c1-26(2)21-11-7-10-20(16-21)25-32(29,30)23-15-18(12-13-22(23)31-5)17-8-6-9-19(14-17)24(28)27(3)4/h6-16,25H,1-5H3. The Morgan fingerprint density at radius 1 is 0.875 bits per heavy atom. The number of hydrogen-bond donors (Lipinski definition) is 1. The zero-order valence-electron chi connectivity index (χ0n) is 18.8. The fourth-order valence-corrected chi connectivity index (χ4v) is 4.46. The molecule has 0 spiro atoms. The average molecular weight is 454 g/mol. The van der Waals surface area contributed by atoms with Crippen molar-refractivity contribution in [3.05, 3.63) is 72.3 Å². The molecule has 0 aliphatic heterocycles. The van der Waals surface area contributed by atoms with Crippen molar-refractivity contribution < 1.29 is 17.9 Å². The van der Waals surface area contributed by atoms with Crippen LogP contribution >= 0.6 is 0 Å². The maximum Gasteiger partial charge on any atom is 0.265 e. The molecule has 7 nitrogen and oxygen atoms in total. The first-order chi connectivity index (χ1) is 15.1. The van der Waals surface area contributed by atoms with Gasteiger partial charge in [-0.1, -0.05) is 24.3 Å². The lowest BCUT2D eigenvalue weighted by Crippen LogP contribution is -2.21. The number of ether oxygens (including phenoxy) is 1. The fourth-order valence-electron chi connectivity index (χ4n) is 3.21. The second kappa shape index (κ2) is 9.32. The van der Waals surface area contributed by atoms with Gasteiger partial charge in [-0.25, -0.2) is 8.42 Å². The number of amides is 1. The van der Waals surface area contributed by atoms with E-state index < -0.39 is 10.0 Å². The Balaban J connectivity index is 2.02. The van der Waals surface area contributed by atoms with Crippen LogP contribution in [0.25, 0.3) is 11.1 Å². The maximum atomic E-state index is 13.2. The van der Waals surface area contributed by atoms with Crippen molar-refractivity contribution in [2.24, 2.45) is 0 Å². The molecular formula is C24H27N3O4S. The van der Waals surface area contributed by atoms with Crippen molar-refractivity contribution >= 4 is 27.3 Å². The minimum atomic E-state index is -3.94. The second-order valence-corrected chi connectivity index (χ2v) is 9.35. The topological polar surface area (TPSA) is 78.9 Å². The predicted octanol–water partition coefficient (Wildman–Crippen LogP) is 3.93. The van der Waals surface area contributed by atoms with Crippen LogP contribution in [0.1, 0.15) is 10.4 Å². The summed E-state index contributed by atoms with van der Waals surface area (Å²) in [5.74, 6) is 0.0983. The number of carbonyl (C=O) groups excluding carboxylic acids is 1. The summed E-state index contributed by atoms with van der Waals surface area (Å²) in [6, 6.07) is 19.1. The number of carbonyl (C=O) groups is 1. The van der Waals surface area contributed by atoms with Crippen LogP contribution in [0.5, 0.6) is 5.75 Å². The van der Waals surface area contributed by atoms with Crippen molar-refractivity contribution in [2.75, 3.05) is 44.9 Å². The molecule has 0 radical (unpaired) electrons. The van der Waals surface area contributed by atoms with Crippen LogP contribution in [0, 0.1) is 0 Å². The lowest BCUT2D eigenvalue weighted by Gasteiger charge is -2.16. The van der Waals surface area contributed by atoms with Crippen LogP contribution in [0.15, 0.2) is 71.6 Å². The summed E-state index contributed by atoms with van der Waals surface area (Å²) in [7, 11) is 4.63. The lowest BCUT2D eigenvalue weighted by atomic mass is 10.0. The molecule has 0 saturated heterocycles. The largest absolute Gasteiger partial charge is 0.495 e. The van der Waals surface area contributed by atoms with Gasteiger partial charge in [0.25, 0.3) is 15.9 Å². The lowest BCUT2D eigenvalue weighted by molar-refractivity contribution is 0.0827. The molecule has 0 unspecified atom stereocenters. The molecule has 0 heterocycles. The highest BCUT2D eigenvalue weighted by Gasteiger charge is 2.21. The third-order valence-electron chi connectivity index (χ3n) is 4.92. The summed E-state index contributed by atoms with van der Waals surface area (Å²) in [5, 5.41) is 0. The molecule has 1 N–H and O–H groups in total. The van der Waals surface area contributed by atoms with E-state index >= 15 is 0 Å². The van der Waals surface area contributed by atoms with Crippen LogP contribution in [0.4, 0.5) is 11.4 Å². The Bertz CT molecular complexity index is 1240.